The van der Waals surface area contributed by atoms with E-state index in [1.165, 1.54) is 36.1 Å². The third-order valence-corrected chi connectivity index (χ3v) is 4.13. The van der Waals surface area contributed by atoms with Crippen LogP contribution in [0.2, 0.25) is 0 Å². The average Bonchev–Trinajstić information content (AvgIpc) is 2.56. The Bertz CT molecular complexity index is 544. The van der Waals surface area contributed by atoms with Crippen LogP contribution in [0.25, 0.3) is 0 Å². The highest BCUT2D eigenvalue weighted by atomic mass is 15.1. The van der Waals surface area contributed by atoms with Crippen molar-refractivity contribution < 1.29 is 0 Å². The number of hydrogen-bond acceptors (Lipinski definition) is 2. The highest BCUT2D eigenvalue weighted by Crippen LogP contribution is 2.30. The Morgan fingerprint density at radius 1 is 0.800 bits per heavy atom. The number of rotatable bonds is 3. The van der Waals surface area contributed by atoms with Crippen LogP contribution in [-0.4, -0.2) is 13.1 Å². The van der Waals surface area contributed by atoms with E-state index in [1.807, 2.05) is 6.07 Å². The maximum Gasteiger partial charge on any atom is 0.0572 e. The first kappa shape index (κ1) is 13.2. The van der Waals surface area contributed by atoms with E-state index in [0.717, 1.165) is 13.1 Å². The van der Waals surface area contributed by atoms with Crippen LogP contribution in [-0.2, 0) is 0 Å². The number of benzene rings is 2. The number of nitrogens with two attached hydrogens (primary N) is 1. The zero-order valence-electron chi connectivity index (χ0n) is 11.8. The summed E-state index contributed by atoms with van der Waals surface area (Å²) in [6.45, 7) is 2.30. The Kier molecular flexibility index (Phi) is 4.03. The third kappa shape index (κ3) is 2.70. The summed E-state index contributed by atoms with van der Waals surface area (Å²) in [7, 11) is 0. The van der Waals surface area contributed by atoms with E-state index >= 15 is 0 Å². The number of para-hydroxylation sites is 1. The van der Waals surface area contributed by atoms with Crippen molar-refractivity contribution in [1.29, 1.82) is 0 Å². The molecular weight excluding hydrogens is 244 g/mol. The first-order chi connectivity index (χ1) is 9.86. The molecule has 0 unspecified atom stereocenters. The number of anilines is 1. The maximum absolute atomic E-state index is 6.50. The fourth-order valence-electron chi connectivity index (χ4n) is 3.01. The molecule has 3 rings (SSSR count). The molecule has 0 saturated carbocycles. The van der Waals surface area contributed by atoms with Gasteiger partial charge >= 0.3 is 0 Å². The highest BCUT2D eigenvalue weighted by Gasteiger charge is 2.18. The van der Waals surface area contributed by atoms with Gasteiger partial charge in [-0.2, -0.15) is 0 Å². The molecule has 104 valence electrons. The van der Waals surface area contributed by atoms with Gasteiger partial charge in [-0.05, 0) is 36.5 Å². The van der Waals surface area contributed by atoms with Crippen LogP contribution >= 0.6 is 0 Å². The summed E-state index contributed by atoms with van der Waals surface area (Å²) < 4.78 is 0. The van der Waals surface area contributed by atoms with E-state index in [4.69, 9.17) is 5.73 Å². The van der Waals surface area contributed by atoms with Crippen molar-refractivity contribution in [3.8, 4) is 0 Å². The predicted octanol–water partition coefficient (Wildman–Crippen LogP) is 3.73. The topological polar surface area (TPSA) is 29.3 Å². The summed E-state index contributed by atoms with van der Waals surface area (Å²) in [6, 6.07) is 18.9. The van der Waals surface area contributed by atoms with Crippen LogP contribution in [0.1, 0.15) is 36.4 Å². The van der Waals surface area contributed by atoms with Gasteiger partial charge in [0.2, 0.25) is 0 Å². The van der Waals surface area contributed by atoms with Gasteiger partial charge in [0.25, 0.3) is 0 Å². The summed E-state index contributed by atoms with van der Waals surface area (Å²) in [5.41, 5.74) is 10.2. The fourth-order valence-corrected chi connectivity index (χ4v) is 3.01. The van der Waals surface area contributed by atoms with Gasteiger partial charge in [0, 0.05) is 18.8 Å². The van der Waals surface area contributed by atoms with Crippen molar-refractivity contribution in [3.63, 3.8) is 0 Å². The fraction of sp³-hybridized carbons (Fsp3) is 0.333. The van der Waals surface area contributed by atoms with Gasteiger partial charge in [0.15, 0.2) is 0 Å². The Labute approximate surface area is 121 Å². The van der Waals surface area contributed by atoms with Gasteiger partial charge in [-0.25, -0.2) is 0 Å². The summed E-state index contributed by atoms with van der Waals surface area (Å²) in [5.74, 6) is 0. The molecule has 0 radical (unpaired) electrons. The molecule has 0 spiro atoms. The van der Waals surface area contributed by atoms with Crippen molar-refractivity contribution in [2.24, 2.45) is 5.73 Å². The Morgan fingerprint density at radius 2 is 1.45 bits per heavy atom. The summed E-state index contributed by atoms with van der Waals surface area (Å²) in [5, 5.41) is 0. The van der Waals surface area contributed by atoms with Gasteiger partial charge in [0.1, 0.15) is 0 Å². The second-order valence-corrected chi connectivity index (χ2v) is 5.49. The van der Waals surface area contributed by atoms with E-state index in [1.54, 1.807) is 0 Å². The molecule has 2 aromatic carbocycles. The first-order valence-electron chi connectivity index (χ1n) is 7.50. The predicted molar refractivity (Wildman–Crippen MR) is 85.0 cm³/mol. The van der Waals surface area contributed by atoms with Gasteiger partial charge in [0.05, 0.1) is 6.04 Å². The molecule has 2 nitrogen and oxygen atoms in total. The Hall–Kier alpha value is -1.80. The van der Waals surface area contributed by atoms with Crippen LogP contribution in [0.3, 0.4) is 0 Å². The minimum Gasteiger partial charge on any atom is -0.371 e. The molecule has 0 bridgehead atoms. The SMILES string of the molecule is N[C@@H](c1ccccc1)c1ccccc1N1CCCCC1. The van der Waals surface area contributed by atoms with Crippen molar-refractivity contribution in [3.05, 3.63) is 65.7 Å². The lowest BCUT2D eigenvalue weighted by atomic mass is 9.96. The second kappa shape index (κ2) is 6.10. The summed E-state index contributed by atoms with van der Waals surface area (Å²) >= 11 is 0. The molecule has 0 amide bonds. The maximum atomic E-state index is 6.50. The van der Waals surface area contributed by atoms with Crippen molar-refractivity contribution >= 4 is 5.69 Å². The highest BCUT2D eigenvalue weighted by molar-refractivity contribution is 5.57. The van der Waals surface area contributed by atoms with E-state index in [9.17, 15) is 0 Å². The minimum atomic E-state index is -0.0469. The quantitative estimate of drug-likeness (QED) is 0.917. The van der Waals surface area contributed by atoms with E-state index in [0.29, 0.717) is 0 Å². The molecule has 20 heavy (non-hydrogen) atoms. The molecule has 1 saturated heterocycles. The van der Waals surface area contributed by atoms with E-state index in [2.05, 4.69) is 53.4 Å². The van der Waals surface area contributed by atoms with Gasteiger partial charge < -0.3 is 10.6 Å². The molecule has 1 fully saturated rings. The second-order valence-electron chi connectivity index (χ2n) is 5.49. The zero-order chi connectivity index (χ0) is 13.8. The van der Waals surface area contributed by atoms with Crippen molar-refractivity contribution in [2.75, 3.05) is 18.0 Å². The van der Waals surface area contributed by atoms with Crippen LogP contribution in [0, 0.1) is 0 Å². The van der Waals surface area contributed by atoms with Crippen LogP contribution in [0.15, 0.2) is 54.6 Å². The largest absolute Gasteiger partial charge is 0.371 e. The lowest BCUT2D eigenvalue weighted by Crippen LogP contribution is -2.31. The molecule has 2 aromatic rings. The molecule has 1 aliphatic rings. The number of nitrogens with zero attached hydrogens (tertiary/aromatic N) is 1. The van der Waals surface area contributed by atoms with Gasteiger partial charge in [-0.15, -0.1) is 0 Å². The molecule has 1 heterocycles. The third-order valence-electron chi connectivity index (χ3n) is 4.13. The number of hydrogen-bond donors (Lipinski definition) is 1. The van der Waals surface area contributed by atoms with Gasteiger partial charge in [-0.3, -0.25) is 0 Å². The molecule has 0 aromatic heterocycles. The smallest absolute Gasteiger partial charge is 0.0572 e. The minimum absolute atomic E-state index is 0.0469. The molecule has 0 aliphatic carbocycles. The molecular formula is C18H22N2. The normalized spacial score (nSPS) is 16.9. The zero-order valence-corrected chi connectivity index (χ0v) is 11.8. The van der Waals surface area contributed by atoms with Crippen LogP contribution in [0.5, 0.6) is 0 Å². The number of piperidine rings is 1. The molecule has 1 aliphatic heterocycles. The average molecular weight is 266 g/mol. The van der Waals surface area contributed by atoms with E-state index < -0.39 is 0 Å². The first-order valence-corrected chi connectivity index (χ1v) is 7.50. The lowest BCUT2D eigenvalue weighted by Gasteiger charge is -2.32. The summed E-state index contributed by atoms with van der Waals surface area (Å²) in [6.07, 6.45) is 3.92. The van der Waals surface area contributed by atoms with Crippen molar-refractivity contribution in [2.45, 2.75) is 25.3 Å². The molecule has 2 heteroatoms. The standard InChI is InChI=1S/C18H22N2/c19-18(15-9-3-1-4-10-15)16-11-5-6-12-17(16)20-13-7-2-8-14-20/h1,3-6,9-12,18H,2,7-8,13-14,19H2/t18-/m0/s1. The van der Waals surface area contributed by atoms with E-state index in [-0.39, 0.29) is 6.04 Å². The molecule has 1 atom stereocenters. The van der Waals surface area contributed by atoms with Crippen LogP contribution < -0.4 is 10.6 Å². The van der Waals surface area contributed by atoms with Crippen molar-refractivity contribution in [1.82, 2.24) is 0 Å². The van der Waals surface area contributed by atoms with Gasteiger partial charge in [-0.1, -0.05) is 48.5 Å². The summed E-state index contributed by atoms with van der Waals surface area (Å²) in [4.78, 5) is 2.49. The monoisotopic (exact) mass is 266 g/mol. The molecule has 2 N–H and O–H groups in total. The Balaban J connectivity index is 1.93. The Morgan fingerprint density at radius 3 is 2.20 bits per heavy atom. The van der Waals surface area contributed by atoms with Crippen LogP contribution in [0.4, 0.5) is 5.69 Å². The lowest BCUT2D eigenvalue weighted by molar-refractivity contribution is 0.575.